The molecule has 3 rings (SSSR count). The van der Waals surface area contributed by atoms with Crippen LogP contribution in [0.2, 0.25) is 5.02 Å². The number of allylic oxidation sites excluding steroid dienone is 1. The van der Waals surface area contributed by atoms with Crippen LogP contribution in [0.25, 0.3) is 0 Å². The van der Waals surface area contributed by atoms with Gasteiger partial charge in [-0.2, -0.15) is 0 Å². The van der Waals surface area contributed by atoms with Crippen molar-refractivity contribution < 1.29 is 14.7 Å². The molecular formula is C30H38ClNO3. The minimum Gasteiger partial charge on any atom is -0.478 e. The second-order valence-corrected chi connectivity index (χ2v) is 11.9. The molecular weight excluding hydrogens is 458 g/mol. The number of halogens is 1. The first-order chi connectivity index (χ1) is 16.3. The predicted molar refractivity (Wildman–Crippen MR) is 143 cm³/mol. The van der Waals surface area contributed by atoms with Crippen molar-refractivity contribution in [3.63, 3.8) is 0 Å². The average molecular weight is 496 g/mol. The van der Waals surface area contributed by atoms with Gasteiger partial charge >= 0.3 is 5.97 Å². The van der Waals surface area contributed by atoms with Gasteiger partial charge in [-0.05, 0) is 71.1 Å². The molecule has 2 aromatic carbocycles. The van der Waals surface area contributed by atoms with Crippen LogP contribution in [0.1, 0.15) is 81.4 Å². The summed E-state index contributed by atoms with van der Waals surface area (Å²) >= 11 is 6.73. The summed E-state index contributed by atoms with van der Waals surface area (Å²) in [7, 11) is 0. The fourth-order valence-corrected chi connectivity index (χ4v) is 5.07. The molecule has 1 atom stereocenters. The van der Waals surface area contributed by atoms with Crippen molar-refractivity contribution in [3.05, 3.63) is 81.5 Å². The molecule has 1 N–H and O–H groups in total. The second-order valence-electron chi connectivity index (χ2n) is 11.5. The maximum absolute atomic E-state index is 13.3. The zero-order valence-electron chi connectivity index (χ0n) is 21.8. The van der Waals surface area contributed by atoms with E-state index in [2.05, 4.69) is 59.7 Å². The van der Waals surface area contributed by atoms with Crippen LogP contribution < -0.4 is 0 Å². The van der Waals surface area contributed by atoms with Crippen molar-refractivity contribution in [2.45, 2.75) is 72.6 Å². The number of carbonyl (C=O) groups is 2. The first-order valence-electron chi connectivity index (χ1n) is 12.4. The van der Waals surface area contributed by atoms with E-state index >= 15 is 0 Å². The van der Waals surface area contributed by atoms with Crippen LogP contribution in [0.4, 0.5) is 0 Å². The van der Waals surface area contributed by atoms with Gasteiger partial charge < -0.3 is 10.0 Å². The molecule has 1 amide bonds. The van der Waals surface area contributed by atoms with E-state index < -0.39 is 11.4 Å². The number of benzene rings is 2. The SMILES string of the molecule is CC(C)C1=CN(CCc2ccc(C(=O)O)cc2)C(=O)C[C@@]1(C)c1ccc(CCC(C)(C)C)c(Cl)c1. The van der Waals surface area contributed by atoms with Crippen molar-refractivity contribution >= 4 is 23.5 Å². The molecule has 5 heteroatoms. The number of rotatable bonds is 8. The minimum atomic E-state index is -0.936. The average Bonchev–Trinajstić information content (AvgIpc) is 2.77. The first kappa shape index (κ1) is 27.0. The van der Waals surface area contributed by atoms with Gasteiger partial charge in [0.2, 0.25) is 5.91 Å². The molecule has 1 heterocycles. The van der Waals surface area contributed by atoms with Gasteiger partial charge in [0.25, 0.3) is 0 Å². The molecule has 0 spiro atoms. The molecule has 2 aromatic rings. The molecule has 35 heavy (non-hydrogen) atoms. The van der Waals surface area contributed by atoms with Gasteiger partial charge in [0.1, 0.15) is 0 Å². The van der Waals surface area contributed by atoms with E-state index in [4.69, 9.17) is 16.7 Å². The highest BCUT2D eigenvalue weighted by Crippen LogP contribution is 2.43. The van der Waals surface area contributed by atoms with Crippen LogP contribution in [0.3, 0.4) is 0 Å². The van der Waals surface area contributed by atoms with Crippen LogP contribution in [0.15, 0.2) is 54.2 Å². The number of hydrogen-bond donors (Lipinski definition) is 1. The number of carbonyl (C=O) groups excluding carboxylic acids is 1. The lowest BCUT2D eigenvalue weighted by Gasteiger charge is -2.41. The largest absolute Gasteiger partial charge is 0.478 e. The van der Waals surface area contributed by atoms with E-state index in [1.807, 2.05) is 23.2 Å². The van der Waals surface area contributed by atoms with Crippen LogP contribution in [0, 0.1) is 11.3 Å². The van der Waals surface area contributed by atoms with Gasteiger partial charge in [0, 0.05) is 29.6 Å². The lowest BCUT2D eigenvalue weighted by Crippen LogP contribution is -2.42. The molecule has 0 bridgehead atoms. The van der Waals surface area contributed by atoms with Crippen LogP contribution in [0.5, 0.6) is 0 Å². The number of carboxylic acids is 1. The normalized spacial score (nSPS) is 18.7. The van der Waals surface area contributed by atoms with Gasteiger partial charge in [-0.25, -0.2) is 4.79 Å². The van der Waals surface area contributed by atoms with E-state index in [1.54, 1.807) is 12.1 Å². The Kier molecular flexibility index (Phi) is 8.16. The molecule has 0 aliphatic carbocycles. The topological polar surface area (TPSA) is 57.6 Å². The molecule has 1 aliphatic rings. The maximum Gasteiger partial charge on any atom is 0.335 e. The molecule has 0 saturated carbocycles. The number of hydrogen-bond acceptors (Lipinski definition) is 2. The minimum absolute atomic E-state index is 0.0898. The van der Waals surface area contributed by atoms with E-state index in [0.717, 1.165) is 34.6 Å². The molecule has 0 saturated heterocycles. The van der Waals surface area contributed by atoms with E-state index in [-0.39, 0.29) is 22.8 Å². The lowest BCUT2D eigenvalue weighted by atomic mass is 9.68. The molecule has 188 valence electrons. The molecule has 0 aromatic heterocycles. The summed E-state index contributed by atoms with van der Waals surface area (Å²) in [5.74, 6) is -0.578. The van der Waals surface area contributed by atoms with Gasteiger partial charge in [0.15, 0.2) is 0 Å². The molecule has 0 unspecified atom stereocenters. The van der Waals surface area contributed by atoms with E-state index in [9.17, 15) is 9.59 Å². The summed E-state index contributed by atoms with van der Waals surface area (Å²) in [4.78, 5) is 26.2. The number of nitrogens with zero attached hydrogens (tertiary/aromatic N) is 1. The lowest BCUT2D eigenvalue weighted by molar-refractivity contribution is -0.130. The zero-order valence-corrected chi connectivity index (χ0v) is 22.6. The smallest absolute Gasteiger partial charge is 0.335 e. The summed E-state index contributed by atoms with van der Waals surface area (Å²) in [6.45, 7) is 13.8. The fraction of sp³-hybridized carbons (Fsp3) is 0.467. The van der Waals surface area contributed by atoms with Crippen LogP contribution >= 0.6 is 11.6 Å². The Morgan fingerprint density at radius 1 is 1.11 bits per heavy atom. The number of amides is 1. The number of aromatic carboxylic acids is 1. The molecule has 0 radical (unpaired) electrons. The Morgan fingerprint density at radius 2 is 1.77 bits per heavy atom. The molecule has 1 aliphatic heterocycles. The van der Waals surface area contributed by atoms with Crippen molar-refractivity contribution in [2.24, 2.45) is 11.3 Å². The Hall–Kier alpha value is -2.59. The van der Waals surface area contributed by atoms with Gasteiger partial charge in [-0.15, -0.1) is 0 Å². The van der Waals surface area contributed by atoms with Crippen LogP contribution in [-0.2, 0) is 23.1 Å². The Bertz CT molecular complexity index is 1110. The highest BCUT2D eigenvalue weighted by Gasteiger charge is 2.40. The quantitative estimate of drug-likeness (QED) is 0.418. The standard InChI is InChI=1S/C30H38ClNO3/c1-20(2)25-19-32(16-14-21-7-9-23(10-8-21)28(34)35)27(33)18-30(25,6)24-12-11-22(26(31)17-24)13-15-29(3,4)5/h7-12,17,19-20H,13-16,18H2,1-6H3,(H,34,35)/t30-/m0/s1. The molecule has 0 fully saturated rings. The third-order valence-electron chi connectivity index (χ3n) is 7.06. The van der Waals surface area contributed by atoms with Crippen molar-refractivity contribution in [1.82, 2.24) is 4.90 Å². The summed E-state index contributed by atoms with van der Waals surface area (Å²) < 4.78 is 0. The second kappa shape index (κ2) is 10.6. The summed E-state index contributed by atoms with van der Waals surface area (Å²) in [5.41, 5.74) is 4.57. The van der Waals surface area contributed by atoms with Gasteiger partial charge in [0.05, 0.1) is 5.56 Å². The highest BCUT2D eigenvalue weighted by atomic mass is 35.5. The van der Waals surface area contributed by atoms with Gasteiger partial charge in [-0.3, -0.25) is 4.79 Å². The molecule has 4 nitrogen and oxygen atoms in total. The summed E-state index contributed by atoms with van der Waals surface area (Å²) in [5, 5.41) is 9.86. The van der Waals surface area contributed by atoms with E-state index in [1.165, 1.54) is 5.57 Å². The number of carboxylic acid groups (broad SMARTS) is 1. The fourth-order valence-electron chi connectivity index (χ4n) is 4.80. The van der Waals surface area contributed by atoms with Crippen molar-refractivity contribution in [1.29, 1.82) is 0 Å². The zero-order chi connectivity index (χ0) is 26.0. The monoisotopic (exact) mass is 495 g/mol. The van der Waals surface area contributed by atoms with Gasteiger partial charge in [-0.1, -0.05) is 77.4 Å². The predicted octanol–water partition coefficient (Wildman–Crippen LogP) is 7.29. The first-order valence-corrected chi connectivity index (χ1v) is 12.8. The maximum atomic E-state index is 13.3. The Morgan fingerprint density at radius 3 is 2.31 bits per heavy atom. The Balaban J connectivity index is 1.82. The third kappa shape index (κ3) is 6.55. The highest BCUT2D eigenvalue weighted by molar-refractivity contribution is 6.31. The summed E-state index contributed by atoms with van der Waals surface area (Å²) in [6, 6.07) is 13.2. The van der Waals surface area contributed by atoms with Crippen molar-refractivity contribution in [3.8, 4) is 0 Å². The third-order valence-corrected chi connectivity index (χ3v) is 7.41. The van der Waals surface area contributed by atoms with Crippen LogP contribution in [-0.4, -0.2) is 28.4 Å². The van der Waals surface area contributed by atoms with Crippen molar-refractivity contribution in [2.75, 3.05) is 6.54 Å². The summed E-state index contributed by atoms with van der Waals surface area (Å²) in [6.07, 6.45) is 5.09. The Labute approximate surface area is 215 Å². The van der Waals surface area contributed by atoms with E-state index in [0.29, 0.717) is 19.4 Å². The number of aryl methyl sites for hydroxylation is 1.